The normalized spacial score (nSPS) is 10.6. The van der Waals surface area contributed by atoms with Gasteiger partial charge in [0.15, 0.2) is 6.61 Å². The molecular formula is C23H20BrN3O3. The second-order valence-corrected chi connectivity index (χ2v) is 7.31. The molecule has 0 aromatic heterocycles. The minimum atomic E-state index is -0.307. The fourth-order valence-corrected chi connectivity index (χ4v) is 2.97. The summed E-state index contributed by atoms with van der Waals surface area (Å²) in [6.45, 7) is 1.89. The number of carbonyl (C=O) groups is 2. The predicted octanol–water partition coefficient (Wildman–Crippen LogP) is 4.54. The average Bonchev–Trinajstić information content (AvgIpc) is 2.75. The molecule has 30 heavy (non-hydrogen) atoms. The lowest BCUT2D eigenvalue weighted by molar-refractivity contribution is -0.118. The highest BCUT2D eigenvalue weighted by Gasteiger charge is 2.07. The Labute approximate surface area is 183 Å². The highest BCUT2D eigenvalue weighted by Crippen LogP contribution is 2.15. The molecule has 0 radical (unpaired) electrons. The molecular weight excluding hydrogens is 446 g/mol. The van der Waals surface area contributed by atoms with Crippen LogP contribution in [0.1, 0.15) is 21.5 Å². The van der Waals surface area contributed by atoms with Gasteiger partial charge in [0, 0.05) is 10.2 Å². The molecule has 6 nitrogen and oxygen atoms in total. The lowest BCUT2D eigenvalue weighted by Gasteiger charge is -2.08. The Hall–Kier alpha value is -3.45. The van der Waals surface area contributed by atoms with Crippen molar-refractivity contribution in [3.63, 3.8) is 0 Å². The summed E-state index contributed by atoms with van der Waals surface area (Å²) >= 11 is 3.33. The van der Waals surface area contributed by atoms with E-state index in [0.717, 1.165) is 16.8 Å². The van der Waals surface area contributed by atoms with Gasteiger partial charge in [-0.15, -0.1) is 0 Å². The Bertz CT molecular complexity index is 1050. The fourth-order valence-electron chi connectivity index (χ4n) is 2.50. The Morgan fingerprint density at radius 1 is 1.00 bits per heavy atom. The van der Waals surface area contributed by atoms with Crippen LogP contribution in [0.3, 0.4) is 0 Å². The van der Waals surface area contributed by atoms with Gasteiger partial charge in [0.1, 0.15) is 5.75 Å². The molecule has 0 saturated carbocycles. The molecule has 0 unspecified atom stereocenters. The van der Waals surface area contributed by atoms with E-state index in [2.05, 4.69) is 31.8 Å². The number of benzene rings is 3. The minimum absolute atomic E-state index is 0.0939. The number of halogens is 1. The van der Waals surface area contributed by atoms with E-state index in [4.69, 9.17) is 4.74 Å². The number of nitrogens with one attached hydrogen (secondary N) is 2. The Morgan fingerprint density at radius 3 is 2.40 bits per heavy atom. The zero-order valence-corrected chi connectivity index (χ0v) is 17.8. The van der Waals surface area contributed by atoms with Crippen molar-refractivity contribution in [1.29, 1.82) is 0 Å². The highest BCUT2D eigenvalue weighted by molar-refractivity contribution is 9.10. The zero-order chi connectivity index (χ0) is 21.3. The molecule has 0 aliphatic carbocycles. The summed E-state index contributed by atoms with van der Waals surface area (Å²) in [6.07, 6.45) is 1.53. The molecule has 0 fully saturated rings. The van der Waals surface area contributed by atoms with E-state index >= 15 is 0 Å². The van der Waals surface area contributed by atoms with E-state index < -0.39 is 0 Å². The molecule has 7 heteroatoms. The van der Waals surface area contributed by atoms with Crippen molar-refractivity contribution in [2.24, 2.45) is 5.10 Å². The van der Waals surface area contributed by atoms with E-state index in [1.807, 2.05) is 37.3 Å². The highest BCUT2D eigenvalue weighted by atomic mass is 79.9. The minimum Gasteiger partial charge on any atom is -0.484 e. The number of ether oxygens (including phenoxy) is 1. The van der Waals surface area contributed by atoms with Crippen LogP contribution in [0.5, 0.6) is 5.75 Å². The largest absolute Gasteiger partial charge is 0.484 e. The molecule has 3 aromatic rings. The van der Waals surface area contributed by atoms with Gasteiger partial charge in [-0.25, -0.2) is 5.43 Å². The van der Waals surface area contributed by atoms with Gasteiger partial charge in [0.2, 0.25) is 0 Å². The summed E-state index contributed by atoms with van der Waals surface area (Å²) in [5.41, 5.74) is 5.62. The standard InChI is InChI=1S/C23H20BrN3O3/c1-16-6-10-18(11-7-16)26-22(28)15-30-19-12-8-17(9-13-19)14-25-27-23(29)20-4-2-3-5-21(20)24/h2-14H,15H2,1H3,(H,26,28)(H,27,29)/b25-14-. The summed E-state index contributed by atoms with van der Waals surface area (Å²) in [7, 11) is 0. The Kier molecular flexibility index (Phi) is 7.34. The quantitative estimate of drug-likeness (QED) is 0.397. The number of carbonyl (C=O) groups excluding carboxylic acids is 2. The zero-order valence-electron chi connectivity index (χ0n) is 16.3. The first-order chi connectivity index (χ1) is 14.5. The van der Waals surface area contributed by atoms with Crippen LogP contribution in [-0.4, -0.2) is 24.6 Å². The molecule has 0 aliphatic rings. The average molecular weight is 466 g/mol. The van der Waals surface area contributed by atoms with Crippen LogP contribution >= 0.6 is 15.9 Å². The fraction of sp³-hybridized carbons (Fsp3) is 0.0870. The molecule has 3 rings (SSSR count). The van der Waals surface area contributed by atoms with Gasteiger partial charge in [0.25, 0.3) is 11.8 Å². The smallest absolute Gasteiger partial charge is 0.272 e. The summed E-state index contributed by atoms with van der Waals surface area (Å²) in [5.74, 6) is 0.0148. The first-order valence-electron chi connectivity index (χ1n) is 9.18. The van der Waals surface area contributed by atoms with Crippen LogP contribution in [-0.2, 0) is 4.79 Å². The maximum atomic E-state index is 12.1. The third-order valence-electron chi connectivity index (χ3n) is 4.08. The third kappa shape index (κ3) is 6.28. The van der Waals surface area contributed by atoms with Gasteiger partial charge in [-0.3, -0.25) is 9.59 Å². The molecule has 0 saturated heterocycles. The van der Waals surface area contributed by atoms with E-state index in [-0.39, 0.29) is 18.4 Å². The van der Waals surface area contributed by atoms with Gasteiger partial charge in [-0.1, -0.05) is 29.8 Å². The van der Waals surface area contributed by atoms with Gasteiger partial charge in [0.05, 0.1) is 11.8 Å². The topological polar surface area (TPSA) is 79.8 Å². The number of amides is 2. The number of nitrogens with zero attached hydrogens (tertiary/aromatic N) is 1. The number of rotatable bonds is 7. The van der Waals surface area contributed by atoms with Gasteiger partial charge < -0.3 is 10.1 Å². The number of hydrogen-bond donors (Lipinski definition) is 2. The third-order valence-corrected chi connectivity index (χ3v) is 4.78. The van der Waals surface area contributed by atoms with Crippen molar-refractivity contribution in [1.82, 2.24) is 5.43 Å². The van der Waals surface area contributed by atoms with E-state index in [1.54, 1.807) is 42.5 Å². The van der Waals surface area contributed by atoms with Crippen LogP contribution < -0.4 is 15.5 Å². The number of hydrazone groups is 1. The summed E-state index contributed by atoms with van der Waals surface area (Å²) < 4.78 is 6.20. The van der Waals surface area contributed by atoms with Crippen LogP contribution in [0, 0.1) is 6.92 Å². The molecule has 2 amide bonds. The maximum absolute atomic E-state index is 12.1. The van der Waals surface area contributed by atoms with Crippen molar-refractivity contribution < 1.29 is 14.3 Å². The summed E-state index contributed by atoms with van der Waals surface area (Å²) in [4.78, 5) is 24.1. The van der Waals surface area contributed by atoms with E-state index in [0.29, 0.717) is 15.8 Å². The van der Waals surface area contributed by atoms with Crippen molar-refractivity contribution in [2.45, 2.75) is 6.92 Å². The first kappa shape index (κ1) is 21.3. The van der Waals surface area contributed by atoms with E-state index in [1.165, 1.54) is 6.21 Å². The van der Waals surface area contributed by atoms with Crippen molar-refractivity contribution >= 4 is 39.6 Å². The molecule has 0 bridgehead atoms. The van der Waals surface area contributed by atoms with Crippen LogP contribution in [0.15, 0.2) is 82.4 Å². The van der Waals surface area contributed by atoms with Crippen LogP contribution in [0.4, 0.5) is 5.69 Å². The predicted molar refractivity (Wildman–Crippen MR) is 121 cm³/mol. The maximum Gasteiger partial charge on any atom is 0.272 e. The lowest BCUT2D eigenvalue weighted by atomic mass is 10.2. The molecule has 0 spiro atoms. The van der Waals surface area contributed by atoms with Gasteiger partial charge in [-0.05, 0) is 76.9 Å². The molecule has 0 atom stereocenters. The summed E-state index contributed by atoms with van der Waals surface area (Å²) in [6, 6.07) is 21.7. The number of aryl methyl sites for hydroxylation is 1. The lowest BCUT2D eigenvalue weighted by Crippen LogP contribution is -2.20. The van der Waals surface area contributed by atoms with E-state index in [9.17, 15) is 9.59 Å². The number of anilines is 1. The van der Waals surface area contributed by atoms with Gasteiger partial charge in [-0.2, -0.15) is 5.10 Å². The Balaban J connectivity index is 1.47. The van der Waals surface area contributed by atoms with Crippen LogP contribution in [0.2, 0.25) is 0 Å². The molecule has 2 N–H and O–H groups in total. The molecule has 3 aromatic carbocycles. The Morgan fingerprint density at radius 2 is 1.70 bits per heavy atom. The monoisotopic (exact) mass is 465 g/mol. The molecule has 0 aliphatic heterocycles. The van der Waals surface area contributed by atoms with Crippen LogP contribution in [0.25, 0.3) is 0 Å². The molecule has 0 heterocycles. The molecule has 152 valence electrons. The number of hydrogen-bond acceptors (Lipinski definition) is 4. The van der Waals surface area contributed by atoms with Gasteiger partial charge >= 0.3 is 0 Å². The summed E-state index contributed by atoms with van der Waals surface area (Å²) in [5, 5.41) is 6.74. The first-order valence-corrected chi connectivity index (χ1v) is 9.98. The second-order valence-electron chi connectivity index (χ2n) is 6.45. The SMILES string of the molecule is Cc1ccc(NC(=O)COc2ccc(/C=N\NC(=O)c3ccccc3Br)cc2)cc1. The van der Waals surface area contributed by atoms with Crippen molar-refractivity contribution in [3.8, 4) is 5.75 Å². The second kappa shape index (κ2) is 10.4. The van der Waals surface area contributed by atoms with Crippen molar-refractivity contribution in [2.75, 3.05) is 11.9 Å². The van der Waals surface area contributed by atoms with Crippen molar-refractivity contribution in [3.05, 3.63) is 94.0 Å².